The Morgan fingerprint density at radius 2 is 1.89 bits per heavy atom. The second-order valence-electron chi connectivity index (χ2n) is 4.52. The number of nitrogens with one attached hydrogen (secondary N) is 1. The molecule has 0 aliphatic rings. The molecule has 2 nitrogen and oxygen atoms in total. The normalized spacial score (nSPS) is 10.3. The highest BCUT2D eigenvalue weighted by molar-refractivity contribution is 5.44. The number of benzene rings is 2. The molecule has 0 radical (unpaired) electrons. The van der Waals surface area contributed by atoms with E-state index in [2.05, 4.69) is 18.3 Å². The Hall–Kier alpha value is -2.03. The molecule has 0 aromatic heterocycles. The average Bonchev–Trinajstić information content (AvgIpc) is 2.38. The van der Waals surface area contributed by atoms with E-state index in [1.165, 1.54) is 11.6 Å². The number of aryl methyl sites for hydroxylation is 2. The average molecular weight is 259 g/mol. The fourth-order valence-corrected chi connectivity index (χ4v) is 1.91. The summed E-state index contributed by atoms with van der Waals surface area (Å²) in [5, 5.41) is 3.01. The Bertz CT molecular complexity index is 554. The van der Waals surface area contributed by atoms with Crippen LogP contribution < -0.4 is 10.1 Å². The van der Waals surface area contributed by atoms with Crippen molar-refractivity contribution in [2.24, 2.45) is 0 Å². The number of ether oxygens (including phenoxy) is 1. The van der Waals surface area contributed by atoms with E-state index in [1.54, 1.807) is 18.2 Å². The number of hydrogen-bond acceptors (Lipinski definition) is 2. The van der Waals surface area contributed by atoms with Crippen LogP contribution in [0.25, 0.3) is 0 Å². The first-order chi connectivity index (χ1) is 9.16. The third-order valence-electron chi connectivity index (χ3n) is 2.88. The van der Waals surface area contributed by atoms with Gasteiger partial charge in [-0.15, -0.1) is 0 Å². The highest BCUT2D eigenvalue weighted by Gasteiger charge is 2.01. The first-order valence-corrected chi connectivity index (χ1v) is 6.35. The van der Waals surface area contributed by atoms with Crippen LogP contribution in [0, 0.1) is 19.7 Å². The van der Waals surface area contributed by atoms with E-state index in [0.29, 0.717) is 18.8 Å². The van der Waals surface area contributed by atoms with E-state index in [4.69, 9.17) is 4.74 Å². The minimum Gasteiger partial charge on any atom is -0.491 e. The first-order valence-electron chi connectivity index (χ1n) is 6.35. The molecule has 2 aromatic carbocycles. The topological polar surface area (TPSA) is 21.3 Å². The van der Waals surface area contributed by atoms with E-state index in [9.17, 15) is 4.39 Å². The number of rotatable bonds is 5. The van der Waals surface area contributed by atoms with Crippen molar-refractivity contribution in [3.63, 3.8) is 0 Å². The summed E-state index contributed by atoms with van der Waals surface area (Å²) in [6, 6.07) is 12.7. The van der Waals surface area contributed by atoms with Gasteiger partial charge in [-0.05, 0) is 37.6 Å². The van der Waals surface area contributed by atoms with Crippen LogP contribution in [-0.2, 0) is 0 Å². The Morgan fingerprint density at radius 1 is 1.11 bits per heavy atom. The molecule has 19 heavy (non-hydrogen) atoms. The summed E-state index contributed by atoms with van der Waals surface area (Å²) in [7, 11) is 0. The zero-order valence-corrected chi connectivity index (χ0v) is 11.2. The summed E-state index contributed by atoms with van der Waals surface area (Å²) in [4.78, 5) is 0. The van der Waals surface area contributed by atoms with Crippen molar-refractivity contribution in [1.82, 2.24) is 0 Å². The Labute approximate surface area is 113 Å². The quantitative estimate of drug-likeness (QED) is 0.821. The van der Waals surface area contributed by atoms with E-state index in [-0.39, 0.29) is 5.82 Å². The maximum atomic E-state index is 13.3. The van der Waals surface area contributed by atoms with Gasteiger partial charge in [0.25, 0.3) is 0 Å². The van der Waals surface area contributed by atoms with Gasteiger partial charge in [0.2, 0.25) is 0 Å². The molecule has 0 atom stereocenters. The highest BCUT2D eigenvalue weighted by Crippen LogP contribution is 2.18. The Kier molecular flexibility index (Phi) is 4.39. The second kappa shape index (κ2) is 6.23. The van der Waals surface area contributed by atoms with Crippen molar-refractivity contribution >= 4 is 5.69 Å². The molecule has 1 N–H and O–H groups in total. The molecule has 2 rings (SSSR count). The largest absolute Gasteiger partial charge is 0.491 e. The monoisotopic (exact) mass is 259 g/mol. The first kappa shape index (κ1) is 13.4. The van der Waals surface area contributed by atoms with Crippen molar-refractivity contribution < 1.29 is 9.13 Å². The smallest absolute Gasteiger partial charge is 0.146 e. The molecule has 0 bridgehead atoms. The number of halogens is 1. The summed E-state index contributed by atoms with van der Waals surface area (Å²) < 4.78 is 19.0. The minimum atomic E-state index is -0.242. The zero-order valence-electron chi connectivity index (χ0n) is 11.2. The lowest BCUT2D eigenvalue weighted by Gasteiger charge is -2.11. The Morgan fingerprint density at radius 3 is 2.63 bits per heavy atom. The highest BCUT2D eigenvalue weighted by atomic mass is 19.1. The van der Waals surface area contributed by atoms with Gasteiger partial charge >= 0.3 is 0 Å². The van der Waals surface area contributed by atoms with Gasteiger partial charge in [0.1, 0.15) is 18.2 Å². The van der Waals surface area contributed by atoms with Crippen molar-refractivity contribution in [1.29, 1.82) is 0 Å². The molecular weight excluding hydrogens is 241 g/mol. The van der Waals surface area contributed by atoms with E-state index in [1.807, 2.05) is 19.1 Å². The minimum absolute atomic E-state index is 0.242. The van der Waals surface area contributed by atoms with Gasteiger partial charge in [-0.1, -0.05) is 29.8 Å². The maximum Gasteiger partial charge on any atom is 0.146 e. The maximum absolute atomic E-state index is 13.3. The van der Waals surface area contributed by atoms with Crippen molar-refractivity contribution in [3.8, 4) is 5.75 Å². The van der Waals surface area contributed by atoms with E-state index >= 15 is 0 Å². The summed E-state index contributed by atoms with van der Waals surface area (Å²) >= 11 is 0. The third kappa shape index (κ3) is 3.71. The molecule has 0 spiro atoms. The molecule has 0 fully saturated rings. The predicted molar refractivity (Wildman–Crippen MR) is 76.3 cm³/mol. The standard InChI is InChI=1S/C16H18FNO/c1-12-7-8-16(13(2)11-12)19-10-9-18-15-6-4-3-5-14(15)17/h3-8,11,18H,9-10H2,1-2H3. The lowest BCUT2D eigenvalue weighted by atomic mass is 10.1. The fourth-order valence-electron chi connectivity index (χ4n) is 1.91. The summed E-state index contributed by atoms with van der Waals surface area (Å²) in [6.07, 6.45) is 0. The molecular formula is C16H18FNO. The van der Waals surface area contributed by atoms with Crippen LogP contribution >= 0.6 is 0 Å². The summed E-state index contributed by atoms with van der Waals surface area (Å²) in [5.41, 5.74) is 2.84. The predicted octanol–water partition coefficient (Wildman–Crippen LogP) is 3.93. The van der Waals surface area contributed by atoms with Gasteiger partial charge < -0.3 is 10.1 Å². The molecule has 0 amide bonds. The number of anilines is 1. The van der Waals surface area contributed by atoms with Crippen LogP contribution in [0.15, 0.2) is 42.5 Å². The molecule has 0 heterocycles. The molecule has 0 aliphatic carbocycles. The van der Waals surface area contributed by atoms with Crippen LogP contribution in [0.3, 0.4) is 0 Å². The van der Waals surface area contributed by atoms with Gasteiger partial charge in [-0.25, -0.2) is 4.39 Å². The van der Waals surface area contributed by atoms with Gasteiger partial charge in [0.05, 0.1) is 5.69 Å². The van der Waals surface area contributed by atoms with Gasteiger partial charge in [-0.2, -0.15) is 0 Å². The van der Waals surface area contributed by atoms with Crippen LogP contribution in [0.5, 0.6) is 5.75 Å². The van der Waals surface area contributed by atoms with Crippen molar-refractivity contribution in [3.05, 3.63) is 59.4 Å². The van der Waals surface area contributed by atoms with E-state index < -0.39 is 0 Å². The second-order valence-corrected chi connectivity index (χ2v) is 4.52. The van der Waals surface area contributed by atoms with Crippen LogP contribution in [0.2, 0.25) is 0 Å². The molecule has 0 unspecified atom stereocenters. The van der Waals surface area contributed by atoms with Gasteiger partial charge in [0.15, 0.2) is 0 Å². The summed E-state index contributed by atoms with van der Waals surface area (Å²) in [6.45, 7) is 5.13. The Balaban J connectivity index is 1.83. The lowest BCUT2D eigenvalue weighted by molar-refractivity contribution is 0.330. The molecule has 2 aromatic rings. The third-order valence-corrected chi connectivity index (χ3v) is 2.88. The van der Waals surface area contributed by atoms with Gasteiger partial charge in [0, 0.05) is 6.54 Å². The zero-order chi connectivity index (χ0) is 13.7. The number of para-hydroxylation sites is 1. The van der Waals surface area contributed by atoms with E-state index in [0.717, 1.165) is 11.3 Å². The number of hydrogen-bond donors (Lipinski definition) is 1. The molecule has 0 saturated heterocycles. The molecule has 100 valence electrons. The fraction of sp³-hybridized carbons (Fsp3) is 0.250. The van der Waals surface area contributed by atoms with Crippen molar-refractivity contribution in [2.45, 2.75) is 13.8 Å². The van der Waals surface area contributed by atoms with Crippen LogP contribution in [0.4, 0.5) is 10.1 Å². The SMILES string of the molecule is Cc1ccc(OCCNc2ccccc2F)c(C)c1. The van der Waals surface area contributed by atoms with Crippen LogP contribution in [-0.4, -0.2) is 13.2 Å². The van der Waals surface area contributed by atoms with Crippen molar-refractivity contribution in [2.75, 3.05) is 18.5 Å². The molecule has 0 aliphatic heterocycles. The molecule has 0 saturated carbocycles. The molecule has 3 heteroatoms. The van der Waals surface area contributed by atoms with Crippen LogP contribution in [0.1, 0.15) is 11.1 Å². The van der Waals surface area contributed by atoms with Gasteiger partial charge in [-0.3, -0.25) is 0 Å². The lowest BCUT2D eigenvalue weighted by Crippen LogP contribution is -2.12. The summed E-state index contributed by atoms with van der Waals surface area (Å²) in [5.74, 6) is 0.634.